The van der Waals surface area contributed by atoms with Crippen LogP contribution in [0, 0.1) is 22.0 Å². The number of anilines is 1. The number of hydrogen-bond acceptors (Lipinski definition) is 5. The van der Waals surface area contributed by atoms with Crippen molar-refractivity contribution in [2.75, 3.05) is 19.5 Å². The molecule has 6 heteroatoms. The van der Waals surface area contributed by atoms with Crippen LogP contribution in [0.2, 0.25) is 0 Å². The second-order valence-corrected chi connectivity index (χ2v) is 5.83. The highest BCUT2D eigenvalue weighted by Crippen LogP contribution is 2.47. The van der Waals surface area contributed by atoms with Crippen LogP contribution >= 0.6 is 0 Å². The summed E-state index contributed by atoms with van der Waals surface area (Å²) < 4.78 is 10.4. The molecule has 0 atom stereocenters. The van der Waals surface area contributed by atoms with Crippen LogP contribution in [0.15, 0.2) is 12.1 Å². The van der Waals surface area contributed by atoms with E-state index in [0.717, 1.165) is 0 Å². The first kappa shape index (κ1) is 14.0. The Hall–Kier alpha value is -1.98. The maximum Gasteiger partial charge on any atom is 0.296 e. The summed E-state index contributed by atoms with van der Waals surface area (Å²) in [5.41, 5.74) is 0.570. The van der Waals surface area contributed by atoms with Gasteiger partial charge in [0.05, 0.1) is 25.2 Å². The summed E-state index contributed by atoms with van der Waals surface area (Å²) in [7, 11) is 3.01. The Morgan fingerprint density at radius 3 is 2.10 bits per heavy atom. The number of methoxy groups -OCH3 is 2. The fraction of sp³-hybridized carbons (Fsp3) is 0.600. The van der Waals surface area contributed by atoms with Crippen molar-refractivity contribution >= 4 is 11.4 Å². The quantitative estimate of drug-likeness (QED) is 0.617. The summed E-state index contributed by atoms with van der Waals surface area (Å²) in [6, 6.07) is 3.45. The first-order valence-electron chi connectivity index (χ1n) is 7.31. The lowest BCUT2D eigenvalue weighted by atomic mass is 10.1. The molecule has 21 heavy (non-hydrogen) atoms. The third-order valence-electron chi connectivity index (χ3n) is 4.28. The molecule has 0 spiro atoms. The number of nitro benzene ring substituents is 1. The number of nitrogens with one attached hydrogen (secondary N) is 1. The molecule has 1 aromatic carbocycles. The second kappa shape index (κ2) is 5.42. The Morgan fingerprint density at radius 1 is 1.14 bits per heavy atom. The minimum absolute atomic E-state index is 0.0407. The molecule has 0 heterocycles. The van der Waals surface area contributed by atoms with E-state index in [1.807, 2.05) is 0 Å². The van der Waals surface area contributed by atoms with E-state index in [2.05, 4.69) is 5.32 Å². The van der Waals surface area contributed by atoms with E-state index in [4.69, 9.17) is 9.47 Å². The molecule has 2 saturated carbocycles. The fourth-order valence-corrected chi connectivity index (χ4v) is 2.85. The van der Waals surface area contributed by atoms with E-state index in [1.165, 1.54) is 46.0 Å². The van der Waals surface area contributed by atoms with Gasteiger partial charge < -0.3 is 14.8 Å². The maximum atomic E-state index is 11.3. The molecule has 2 aliphatic rings. The van der Waals surface area contributed by atoms with Gasteiger partial charge in [-0.2, -0.15) is 0 Å². The third-order valence-corrected chi connectivity index (χ3v) is 4.28. The summed E-state index contributed by atoms with van der Waals surface area (Å²) in [4.78, 5) is 10.9. The summed E-state index contributed by atoms with van der Waals surface area (Å²) in [6.45, 7) is 0. The zero-order chi connectivity index (χ0) is 15.0. The standard InChI is InChI=1S/C15H20N2O4/c1-20-13-7-11(12(17(18)19)8-14(13)21-2)16-15(9-3-4-9)10-5-6-10/h7-10,15-16H,3-6H2,1-2H3. The van der Waals surface area contributed by atoms with Crippen LogP contribution in [0.5, 0.6) is 11.5 Å². The first-order chi connectivity index (χ1) is 10.1. The number of benzene rings is 1. The van der Waals surface area contributed by atoms with Crippen LogP contribution in [-0.4, -0.2) is 25.2 Å². The minimum atomic E-state index is -0.374. The van der Waals surface area contributed by atoms with Crippen molar-refractivity contribution in [3.05, 3.63) is 22.2 Å². The Kier molecular flexibility index (Phi) is 3.61. The van der Waals surface area contributed by atoms with Gasteiger partial charge in [0.2, 0.25) is 0 Å². The Balaban J connectivity index is 1.92. The second-order valence-electron chi connectivity index (χ2n) is 5.83. The molecule has 0 radical (unpaired) electrons. The molecule has 1 aromatic rings. The first-order valence-corrected chi connectivity index (χ1v) is 7.31. The zero-order valence-corrected chi connectivity index (χ0v) is 12.3. The SMILES string of the molecule is COc1cc(NC(C2CC2)C2CC2)c([N+](=O)[O-])cc1OC. The number of hydrogen-bond donors (Lipinski definition) is 1. The largest absolute Gasteiger partial charge is 0.493 e. The lowest BCUT2D eigenvalue weighted by Gasteiger charge is -2.20. The Morgan fingerprint density at radius 2 is 1.67 bits per heavy atom. The number of nitrogens with zero attached hydrogens (tertiary/aromatic N) is 1. The Bertz CT molecular complexity index is 541. The van der Waals surface area contributed by atoms with Crippen LogP contribution in [0.25, 0.3) is 0 Å². The predicted octanol–water partition coefficient (Wildman–Crippen LogP) is 3.21. The van der Waals surface area contributed by atoms with Gasteiger partial charge in [0.25, 0.3) is 5.69 Å². The van der Waals surface area contributed by atoms with Gasteiger partial charge in [0.1, 0.15) is 5.69 Å². The van der Waals surface area contributed by atoms with Crippen molar-refractivity contribution in [3.63, 3.8) is 0 Å². The highest BCUT2D eigenvalue weighted by atomic mass is 16.6. The zero-order valence-electron chi connectivity index (χ0n) is 12.3. The molecule has 0 bridgehead atoms. The van der Waals surface area contributed by atoms with E-state index in [-0.39, 0.29) is 10.6 Å². The van der Waals surface area contributed by atoms with E-state index >= 15 is 0 Å². The van der Waals surface area contributed by atoms with Crippen LogP contribution < -0.4 is 14.8 Å². The molecular weight excluding hydrogens is 272 g/mol. The molecule has 2 fully saturated rings. The van der Waals surface area contributed by atoms with Gasteiger partial charge in [0.15, 0.2) is 11.5 Å². The van der Waals surface area contributed by atoms with Crippen molar-refractivity contribution in [3.8, 4) is 11.5 Å². The topological polar surface area (TPSA) is 73.6 Å². The maximum absolute atomic E-state index is 11.3. The summed E-state index contributed by atoms with van der Waals surface area (Å²) in [5, 5.41) is 14.7. The average Bonchev–Trinajstić information content (AvgIpc) is 3.36. The molecule has 2 aliphatic carbocycles. The third kappa shape index (κ3) is 2.89. The van der Waals surface area contributed by atoms with E-state index in [0.29, 0.717) is 35.1 Å². The van der Waals surface area contributed by atoms with Crippen molar-refractivity contribution in [1.29, 1.82) is 0 Å². The van der Waals surface area contributed by atoms with Gasteiger partial charge in [-0.3, -0.25) is 10.1 Å². The predicted molar refractivity (Wildman–Crippen MR) is 79.1 cm³/mol. The van der Waals surface area contributed by atoms with Crippen LogP contribution in [0.4, 0.5) is 11.4 Å². The highest BCUT2D eigenvalue weighted by Gasteiger charge is 2.42. The molecule has 0 saturated heterocycles. The van der Waals surface area contributed by atoms with Crippen molar-refractivity contribution in [2.24, 2.45) is 11.8 Å². The minimum Gasteiger partial charge on any atom is -0.493 e. The Labute approximate surface area is 123 Å². The molecule has 1 N–H and O–H groups in total. The van der Waals surface area contributed by atoms with Gasteiger partial charge >= 0.3 is 0 Å². The van der Waals surface area contributed by atoms with Crippen LogP contribution in [-0.2, 0) is 0 Å². The molecule has 6 nitrogen and oxygen atoms in total. The number of nitro groups is 1. The van der Waals surface area contributed by atoms with Crippen LogP contribution in [0.1, 0.15) is 25.7 Å². The summed E-state index contributed by atoms with van der Waals surface area (Å²) >= 11 is 0. The summed E-state index contributed by atoms with van der Waals surface area (Å²) in [5.74, 6) is 2.20. The molecule has 0 unspecified atom stereocenters. The average molecular weight is 292 g/mol. The molecule has 0 amide bonds. The van der Waals surface area contributed by atoms with E-state index in [9.17, 15) is 10.1 Å². The van der Waals surface area contributed by atoms with Gasteiger partial charge in [-0.05, 0) is 37.5 Å². The monoisotopic (exact) mass is 292 g/mol. The van der Waals surface area contributed by atoms with E-state index in [1.54, 1.807) is 6.07 Å². The van der Waals surface area contributed by atoms with Gasteiger partial charge in [-0.25, -0.2) is 0 Å². The highest BCUT2D eigenvalue weighted by molar-refractivity contribution is 5.69. The van der Waals surface area contributed by atoms with Crippen LogP contribution in [0.3, 0.4) is 0 Å². The molecule has 0 aromatic heterocycles. The fourth-order valence-electron chi connectivity index (χ4n) is 2.85. The molecular formula is C15H20N2O4. The normalized spacial score (nSPS) is 17.7. The smallest absolute Gasteiger partial charge is 0.296 e. The lowest BCUT2D eigenvalue weighted by molar-refractivity contribution is -0.384. The van der Waals surface area contributed by atoms with Gasteiger partial charge in [0, 0.05) is 12.1 Å². The van der Waals surface area contributed by atoms with Crippen molar-refractivity contribution < 1.29 is 14.4 Å². The molecule has 0 aliphatic heterocycles. The van der Waals surface area contributed by atoms with Gasteiger partial charge in [-0.15, -0.1) is 0 Å². The van der Waals surface area contributed by atoms with Gasteiger partial charge in [-0.1, -0.05) is 0 Å². The lowest BCUT2D eigenvalue weighted by Crippen LogP contribution is -2.24. The molecule has 114 valence electrons. The van der Waals surface area contributed by atoms with E-state index < -0.39 is 0 Å². The molecule has 3 rings (SSSR count). The number of ether oxygens (including phenoxy) is 2. The van der Waals surface area contributed by atoms with Crippen molar-refractivity contribution in [2.45, 2.75) is 31.7 Å². The summed E-state index contributed by atoms with van der Waals surface area (Å²) in [6.07, 6.45) is 4.87. The number of rotatable bonds is 7. The van der Waals surface area contributed by atoms with Crippen molar-refractivity contribution in [1.82, 2.24) is 0 Å².